The van der Waals surface area contributed by atoms with E-state index in [1.165, 1.54) is 13.2 Å². The van der Waals surface area contributed by atoms with E-state index in [2.05, 4.69) is 5.32 Å². The first-order chi connectivity index (χ1) is 11.0. The first kappa shape index (κ1) is 16.5. The third kappa shape index (κ3) is 5.43. The van der Waals surface area contributed by atoms with E-state index in [1.54, 1.807) is 36.4 Å². The molecule has 120 valence electrons. The Morgan fingerprint density at radius 3 is 2.48 bits per heavy atom. The predicted octanol–water partition coefficient (Wildman–Crippen LogP) is 2.60. The number of Topliss-reactive ketones (excluding diaryl/α,β-unsaturated/α-hetero) is 1. The number of anilines is 1. The van der Waals surface area contributed by atoms with Gasteiger partial charge in [-0.25, -0.2) is 0 Å². The summed E-state index contributed by atoms with van der Waals surface area (Å²) in [5, 5.41) is 2.61. The van der Waals surface area contributed by atoms with Crippen molar-refractivity contribution in [3.63, 3.8) is 0 Å². The lowest BCUT2D eigenvalue weighted by molar-refractivity contribution is -0.142. The number of furan rings is 1. The van der Waals surface area contributed by atoms with Gasteiger partial charge in [-0.05, 0) is 36.4 Å². The summed E-state index contributed by atoms with van der Waals surface area (Å²) in [4.78, 5) is 34.4. The standard InChI is InChI=1S/C17H17NO5/c1-12(19)18-14-6-4-13(5-7-14)16(20)11-23-17(21)9-8-15-3-2-10-22-15/h2-7,10H,8-9,11H2,1H3,(H,18,19). The van der Waals surface area contributed by atoms with Gasteiger partial charge in [0.05, 0.1) is 12.7 Å². The molecular weight excluding hydrogens is 298 g/mol. The zero-order valence-corrected chi connectivity index (χ0v) is 12.7. The Morgan fingerprint density at radius 1 is 1.13 bits per heavy atom. The Hall–Kier alpha value is -2.89. The lowest BCUT2D eigenvalue weighted by Crippen LogP contribution is -2.14. The van der Waals surface area contributed by atoms with Gasteiger partial charge in [-0.3, -0.25) is 14.4 Å². The van der Waals surface area contributed by atoms with Crippen molar-refractivity contribution in [3.05, 3.63) is 54.0 Å². The molecule has 0 aliphatic heterocycles. The van der Waals surface area contributed by atoms with Crippen molar-refractivity contribution in [2.45, 2.75) is 19.8 Å². The lowest BCUT2D eigenvalue weighted by atomic mass is 10.1. The van der Waals surface area contributed by atoms with E-state index < -0.39 is 5.97 Å². The number of hydrogen-bond acceptors (Lipinski definition) is 5. The molecule has 0 aliphatic carbocycles. The summed E-state index contributed by atoms with van der Waals surface area (Å²) in [6, 6.07) is 9.90. The summed E-state index contributed by atoms with van der Waals surface area (Å²) in [6.07, 6.45) is 2.13. The topological polar surface area (TPSA) is 85.6 Å². The normalized spacial score (nSPS) is 10.1. The maximum absolute atomic E-state index is 11.9. The second-order valence-electron chi connectivity index (χ2n) is 4.92. The van der Waals surface area contributed by atoms with E-state index in [0.29, 0.717) is 23.4 Å². The molecule has 1 N–H and O–H groups in total. The smallest absolute Gasteiger partial charge is 0.306 e. The number of esters is 1. The fourth-order valence-electron chi connectivity index (χ4n) is 1.92. The number of nitrogens with one attached hydrogen (secondary N) is 1. The van der Waals surface area contributed by atoms with Gasteiger partial charge in [0, 0.05) is 24.6 Å². The number of aryl methyl sites for hydroxylation is 1. The van der Waals surface area contributed by atoms with E-state index in [-0.39, 0.29) is 24.7 Å². The molecule has 6 heteroatoms. The van der Waals surface area contributed by atoms with E-state index in [4.69, 9.17) is 9.15 Å². The van der Waals surface area contributed by atoms with Crippen LogP contribution in [-0.4, -0.2) is 24.3 Å². The van der Waals surface area contributed by atoms with Gasteiger partial charge in [-0.15, -0.1) is 0 Å². The van der Waals surface area contributed by atoms with Crippen molar-refractivity contribution in [1.82, 2.24) is 0 Å². The van der Waals surface area contributed by atoms with Crippen LogP contribution in [0.2, 0.25) is 0 Å². The first-order valence-corrected chi connectivity index (χ1v) is 7.13. The molecule has 2 aromatic rings. The number of hydrogen-bond donors (Lipinski definition) is 1. The third-order valence-corrected chi connectivity index (χ3v) is 3.05. The van der Waals surface area contributed by atoms with Crippen LogP contribution in [0, 0.1) is 0 Å². The van der Waals surface area contributed by atoms with E-state index in [1.807, 2.05) is 0 Å². The average molecular weight is 315 g/mol. The summed E-state index contributed by atoms with van der Waals surface area (Å²) in [7, 11) is 0. The molecule has 1 amide bonds. The van der Waals surface area contributed by atoms with Crippen molar-refractivity contribution in [2.24, 2.45) is 0 Å². The summed E-state index contributed by atoms with van der Waals surface area (Å²) < 4.78 is 10.1. The highest BCUT2D eigenvalue weighted by Gasteiger charge is 2.11. The molecule has 2 rings (SSSR count). The summed E-state index contributed by atoms with van der Waals surface area (Å²) >= 11 is 0. The van der Waals surface area contributed by atoms with Crippen LogP contribution in [0.15, 0.2) is 47.1 Å². The molecule has 1 heterocycles. The molecule has 0 saturated heterocycles. The van der Waals surface area contributed by atoms with Crippen LogP contribution in [0.1, 0.15) is 29.5 Å². The Morgan fingerprint density at radius 2 is 1.87 bits per heavy atom. The summed E-state index contributed by atoms with van der Waals surface area (Å²) in [5.41, 5.74) is 1.02. The van der Waals surface area contributed by atoms with Crippen molar-refractivity contribution < 1.29 is 23.5 Å². The van der Waals surface area contributed by atoms with Crippen LogP contribution in [-0.2, 0) is 20.7 Å². The Balaban J connectivity index is 1.77. The Kier molecular flexibility index (Phi) is 5.68. The fraction of sp³-hybridized carbons (Fsp3) is 0.235. The van der Waals surface area contributed by atoms with Gasteiger partial charge in [0.2, 0.25) is 5.91 Å². The molecule has 0 unspecified atom stereocenters. The quantitative estimate of drug-likeness (QED) is 0.627. The minimum atomic E-state index is -0.454. The van der Waals surface area contributed by atoms with Gasteiger partial charge < -0.3 is 14.5 Å². The molecular formula is C17H17NO5. The number of ether oxygens (including phenoxy) is 1. The zero-order chi connectivity index (χ0) is 16.7. The summed E-state index contributed by atoms with van der Waals surface area (Å²) in [5.74, 6) is -0.244. The molecule has 0 spiro atoms. The predicted molar refractivity (Wildman–Crippen MR) is 83.1 cm³/mol. The number of carbonyl (C=O) groups is 3. The largest absolute Gasteiger partial charge is 0.469 e. The van der Waals surface area contributed by atoms with E-state index in [9.17, 15) is 14.4 Å². The van der Waals surface area contributed by atoms with Crippen LogP contribution < -0.4 is 5.32 Å². The number of rotatable bonds is 7. The Bertz CT molecular complexity index is 674. The molecule has 23 heavy (non-hydrogen) atoms. The fourth-order valence-corrected chi connectivity index (χ4v) is 1.92. The van der Waals surface area contributed by atoms with Gasteiger partial charge in [-0.1, -0.05) is 0 Å². The minimum absolute atomic E-state index is 0.155. The summed E-state index contributed by atoms with van der Waals surface area (Å²) in [6.45, 7) is 1.09. The number of amides is 1. The highest BCUT2D eigenvalue weighted by Crippen LogP contribution is 2.10. The molecule has 0 aliphatic rings. The number of carbonyl (C=O) groups excluding carboxylic acids is 3. The lowest BCUT2D eigenvalue weighted by Gasteiger charge is -2.05. The van der Waals surface area contributed by atoms with E-state index in [0.717, 1.165) is 0 Å². The highest BCUT2D eigenvalue weighted by molar-refractivity contribution is 5.98. The van der Waals surface area contributed by atoms with Crippen LogP contribution >= 0.6 is 0 Å². The Labute approximate surface area is 133 Å². The third-order valence-electron chi connectivity index (χ3n) is 3.05. The highest BCUT2D eigenvalue weighted by atomic mass is 16.5. The van der Waals surface area contributed by atoms with Gasteiger partial charge in [0.1, 0.15) is 5.76 Å². The van der Waals surface area contributed by atoms with Crippen LogP contribution in [0.25, 0.3) is 0 Å². The number of benzene rings is 1. The maximum atomic E-state index is 11.9. The van der Waals surface area contributed by atoms with Crippen molar-refractivity contribution in [2.75, 3.05) is 11.9 Å². The average Bonchev–Trinajstić information content (AvgIpc) is 3.04. The molecule has 0 saturated carbocycles. The van der Waals surface area contributed by atoms with Crippen molar-refractivity contribution >= 4 is 23.3 Å². The van der Waals surface area contributed by atoms with Gasteiger partial charge in [-0.2, -0.15) is 0 Å². The molecule has 0 radical (unpaired) electrons. The van der Waals surface area contributed by atoms with E-state index >= 15 is 0 Å². The molecule has 1 aromatic carbocycles. The SMILES string of the molecule is CC(=O)Nc1ccc(C(=O)COC(=O)CCc2ccco2)cc1. The minimum Gasteiger partial charge on any atom is -0.469 e. The van der Waals surface area contributed by atoms with Gasteiger partial charge >= 0.3 is 5.97 Å². The molecule has 6 nitrogen and oxygen atoms in total. The molecule has 0 atom stereocenters. The van der Waals surface area contributed by atoms with Crippen LogP contribution in [0.5, 0.6) is 0 Å². The van der Waals surface area contributed by atoms with Gasteiger partial charge in [0.25, 0.3) is 0 Å². The maximum Gasteiger partial charge on any atom is 0.306 e. The van der Waals surface area contributed by atoms with Crippen molar-refractivity contribution in [3.8, 4) is 0 Å². The molecule has 1 aromatic heterocycles. The zero-order valence-electron chi connectivity index (χ0n) is 12.7. The van der Waals surface area contributed by atoms with Crippen molar-refractivity contribution in [1.29, 1.82) is 0 Å². The second-order valence-corrected chi connectivity index (χ2v) is 4.92. The van der Waals surface area contributed by atoms with Gasteiger partial charge in [0.15, 0.2) is 12.4 Å². The van der Waals surface area contributed by atoms with Crippen LogP contribution in [0.3, 0.4) is 0 Å². The molecule has 0 bridgehead atoms. The number of ketones is 1. The van der Waals surface area contributed by atoms with Crippen LogP contribution in [0.4, 0.5) is 5.69 Å². The molecule has 0 fully saturated rings. The second kappa shape index (κ2) is 7.93. The monoisotopic (exact) mass is 315 g/mol. The first-order valence-electron chi connectivity index (χ1n) is 7.13.